The first kappa shape index (κ1) is 13.5. The van der Waals surface area contributed by atoms with E-state index >= 15 is 0 Å². The molecule has 2 fully saturated rings. The van der Waals surface area contributed by atoms with Crippen molar-refractivity contribution in [2.45, 2.75) is 12.6 Å². The Bertz CT molecular complexity index is 442. The minimum atomic E-state index is -0.111. The second kappa shape index (κ2) is 5.87. The van der Waals surface area contributed by atoms with Crippen molar-refractivity contribution in [2.75, 3.05) is 39.3 Å². The molecule has 19 heavy (non-hydrogen) atoms. The lowest BCUT2D eigenvalue weighted by atomic mass is 10.1. The molecule has 3 rings (SSSR count). The van der Waals surface area contributed by atoms with Crippen LogP contribution in [-0.4, -0.2) is 55.1 Å². The first-order valence-electron chi connectivity index (χ1n) is 6.83. The molecule has 2 heterocycles. The van der Waals surface area contributed by atoms with E-state index in [4.69, 9.17) is 0 Å². The van der Waals surface area contributed by atoms with Gasteiger partial charge in [-0.2, -0.15) is 0 Å². The third-order valence-electron chi connectivity index (χ3n) is 4.09. The van der Waals surface area contributed by atoms with E-state index in [0.29, 0.717) is 0 Å². The van der Waals surface area contributed by atoms with Crippen LogP contribution in [0.5, 0.6) is 0 Å². The average Bonchev–Trinajstić information content (AvgIpc) is 2.33. The molecule has 2 saturated heterocycles. The smallest absolute Gasteiger partial charge is 0.128 e. The maximum absolute atomic E-state index is 13.8. The van der Waals surface area contributed by atoms with Gasteiger partial charge in [-0.25, -0.2) is 4.39 Å². The molecule has 1 aromatic carbocycles. The number of nitrogens with zero attached hydrogens (tertiary/aromatic N) is 2. The maximum Gasteiger partial charge on any atom is 0.128 e. The molecule has 5 heteroatoms. The molecule has 0 aromatic heterocycles. The van der Waals surface area contributed by atoms with E-state index in [2.05, 4.69) is 31.0 Å². The Morgan fingerprint density at radius 2 is 1.95 bits per heavy atom. The van der Waals surface area contributed by atoms with Crippen molar-refractivity contribution in [1.29, 1.82) is 0 Å². The summed E-state index contributed by atoms with van der Waals surface area (Å²) in [5.74, 6) is -0.111. The van der Waals surface area contributed by atoms with Crippen LogP contribution in [0.3, 0.4) is 0 Å². The van der Waals surface area contributed by atoms with Crippen LogP contribution in [0.15, 0.2) is 22.7 Å². The van der Waals surface area contributed by atoms with E-state index in [1.807, 2.05) is 12.1 Å². The third kappa shape index (κ3) is 3.16. The monoisotopic (exact) mass is 327 g/mol. The second-order valence-electron chi connectivity index (χ2n) is 5.36. The van der Waals surface area contributed by atoms with Crippen LogP contribution in [0.2, 0.25) is 0 Å². The lowest BCUT2D eigenvalue weighted by Crippen LogP contribution is -2.61. The van der Waals surface area contributed by atoms with Gasteiger partial charge in [0.15, 0.2) is 0 Å². The Labute approximate surface area is 121 Å². The van der Waals surface area contributed by atoms with Crippen LogP contribution in [-0.2, 0) is 6.54 Å². The predicted molar refractivity (Wildman–Crippen MR) is 77.6 cm³/mol. The summed E-state index contributed by atoms with van der Waals surface area (Å²) in [6.45, 7) is 7.24. The quantitative estimate of drug-likeness (QED) is 0.911. The first-order valence-corrected chi connectivity index (χ1v) is 7.63. The molecular formula is C14H19BrFN3. The zero-order valence-electron chi connectivity index (χ0n) is 10.9. The normalized spacial score (nSPS) is 22.4. The second-order valence-corrected chi connectivity index (χ2v) is 6.28. The molecule has 0 bridgehead atoms. The minimum absolute atomic E-state index is 0.111. The highest BCUT2D eigenvalue weighted by atomic mass is 79.9. The largest absolute Gasteiger partial charge is 0.314 e. The van der Waals surface area contributed by atoms with Crippen LogP contribution < -0.4 is 5.32 Å². The zero-order chi connectivity index (χ0) is 13.2. The van der Waals surface area contributed by atoms with Crippen molar-refractivity contribution in [3.63, 3.8) is 0 Å². The fourth-order valence-corrected chi connectivity index (χ4v) is 3.04. The van der Waals surface area contributed by atoms with Crippen LogP contribution in [0.4, 0.5) is 4.39 Å². The Morgan fingerprint density at radius 3 is 2.53 bits per heavy atom. The fraction of sp³-hybridized carbons (Fsp3) is 0.571. The highest BCUT2D eigenvalue weighted by molar-refractivity contribution is 9.10. The summed E-state index contributed by atoms with van der Waals surface area (Å²) in [5, 5.41) is 3.31. The number of rotatable bonds is 3. The predicted octanol–water partition coefficient (Wildman–Crippen LogP) is 1.68. The summed E-state index contributed by atoms with van der Waals surface area (Å²) in [4.78, 5) is 4.89. The van der Waals surface area contributed by atoms with E-state index in [1.54, 1.807) is 6.07 Å². The van der Waals surface area contributed by atoms with Crippen molar-refractivity contribution < 1.29 is 4.39 Å². The summed E-state index contributed by atoms with van der Waals surface area (Å²) in [6.07, 6.45) is 0. The molecule has 1 aromatic rings. The molecule has 2 aliphatic rings. The Morgan fingerprint density at radius 1 is 1.21 bits per heavy atom. The van der Waals surface area contributed by atoms with Crippen LogP contribution in [0, 0.1) is 5.82 Å². The maximum atomic E-state index is 13.8. The topological polar surface area (TPSA) is 18.5 Å². The van der Waals surface area contributed by atoms with Crippen LogP contribution in [0.1, 0.15) is 5.56 Å². The van der Waals surface area contributed by atoms with Crippen molar-refractivity contribution in [2.24, 2.45) is 0 Å². The Hall–Kier alpha value is -0.490. The molecule has 1 N–H and O–H groups in total. The number of piperazine rings is 1. The van der Waals surface area contributed by atoms with Gasteiger partial charge in [0, 0.05) is 61.9 Å². The van der Waals surface area contributed by atoms with Gasteiger partial charge in [-0.15, -0.1) is 0 Å². The molecule has 0 unspecified atom stereocenters. The zero-order valence-corrected chi connectivity index (χ0v) is 12.5. The number of hydrogen-bond acceptors (Lipinski definition) is 3. The lowest BCUT2D eigenvalue weighted by molar-refractivity contribution is 0.0691. The molecule has 0 saturated carbocycles. The van der Waals surface area contributed by atoms with Gasteiger partial charge >= 0.3 is 0 Å². The number of benzene rings is 1. The van der Waals surface area contributed by atoms with E-state index < -0.39 is 0 Å². The number of hydrogen-bond donors (Lipinski definition) is 1. The molecule has 0 radical (unpaired) electrons. The Kier molecular flexibility index (Phi) is 4.17. The highest BCUT2D eigenvalue weighted by Gasteiger charge is 2.27. The molecule has 3 nitrogen and oxygen atoms in total. The number of nitrogens with one attached hydrogen (secondary N) is 1. The van der Waals surface area contributed by atoms with E-state index in [-0.39, 0.29) is 5.82 Å². The molecular weight excluding hydrogens is 309 g/mol. The van der Waals surface area contributed by atoms with Crippen molar-refractivity contribution in [3.05, 3.63) is 34.1 Å². The number of halogens is 2. The first-order chi connectivity index (χ1) is 9.22. The summed E-state index contributed by atoms with van der Waals surface area (Å²) >= 11 is 3.29. The van der Waals surface area contributed by atoms with Gasteiger partial charge in [-0.05, 0) is 12.1 Å². The summed E-state index contributed by atoms with van der Waals surface area (Å²) in [7, 11) is 0. The van der Waals surface area contributed by atoms with Gasteiger partial charge in [0.1, 0.15) is 5.82 Å². The van der Waals surface area contributed by atoms with Crippen LogP contribution >= 0.6 is 15.9 Å². The van der Waals surface area contributed by atoms with Crippen LogP contribution in [0.25, 0.3) is 0 Å². The van der Waals surface area contributed by atoms with E-state index in [9.17, 15) is 4.39 Å². The van der Waals surface area contributed by atoms with Crippen molar-refractivity contribution >= 4 is 15.9 Å². The minimum Gasteiger partial charge on any atom is -0.314 e. The summed E-state index contributed by atoms with van der Waals surface area (Å²) in [6, 6.07) is 6.06. The van der Waals surface area contributed by atoms with Gasteiger partial charge in [0.25, 0.3) is 0 Å². The van der Waals surface area contributed by atoms with E-state index in [0.717, 1.165) is 61.9 Å². The van der Waals surface area contributed by atoms with Crippen molar-refractivity contribution in [1.82, 2.24) is 15.1 Å². The molecule has 2 aliphatic heterocycles. The standard InChI is InChI=1S/C14H19BrFN3/c15-12-2-1-11(14(16)7-12)10-18-3-5-19(6-4-18)13-8-17-9-13/h1-2,7,13,17H,3-6,8-10H2. The third-order valence-corrected chi connectivity index (χ3v) is 4.59. The summed E-state index contributed by atoms with van der Waals surface area (Å²) in [5.41, 5.74) is 0.793. The lowest BCUT2D eigenvalue weighted by Gasteiger charge is -2.43. The van der Waals surface area contributed by atoms with Crippen molar-refractivity contribution in [3.8, 4) is 0 Å². The summed E-state index contributed by atoms with van der Waals surface area (Å²) < 4.78 is 14.6. The molecule has 0 atom stereocenters. The van der Waals surface area contributed by atoms with Gasteiger partial charge in [0.2, 0.25) is 0 Å². The average molecular weight is 328 g/mol. The van der Waals surface area contributed by atoms with Gasteiger partial charge in [-0.1, -0.05) is 22.0 Å². The fourth-order valence-electron chi connectivity index (χ4n) is 2.71. The van der Waals surface area contributed by atoms with Gasteiger partial charge < -0.3 is 5.32 Å². The molecule has 104 valence electrons. The van der Waals surface area contributed by atoms with Gasteiger partial charge in [0.05, 0.1) is 0 Å². The molecule has 0 aliphatic carbocycles. The molecule has 0 spiro atoms. The SMILES string of the molecule is Fc1cc(Br)ccc1CN1CCN(C2CNC2)CC1. The highest BCUT2D eigenvalue weighted by Crippen LogP contribution is 2.18. The molecule has 0 amide bonds. The van der Waals surface area contributed by atoms with Gasteiger partial charge in [-0.3, -0.25) is 9.80 Å². The van der Waals surface area contributed by atoms with E-state index in [1.165, 1.54) is 0 Å². The Balaban J connectivity index is 1.54.